The van der Waals surface area contributed by atoms with E-state index < -0.39 is 0 Å². The van der Waals surface area contributed by atoms with Crippen molar-refractivity contribution in [2.45, 2.75) is 19.8 Å². The van der Waals surface area contributed by atoms with E-state index in [-0.39, 0.29) is 6.15 Å². The third-order valence-electron chi connectivity index (χ3n) is 3.13. The van der Waals surface area contributed by atoms with E-state index in [1.807, 2.05) is 6.07 Å². The summed E-state index contributed by atoms with van der Waals surface area (Å²) in [7, 11) is 0. The van der Waals surface area contributed by atoms with Crippen LogP contribution in [0.2, 0.25) is 10.0 Å². The summed E-state index contributed by atoms with van der Waals surface area (Å²) >= 11 is 12.1. The first-order valence-electron chi connectivity index (χ1n) is 6.88. The Labute approximate surface area is 142 Å². The largest absolute Gasteiger partial charge is 0.368 e. The zero-order valence-electron chi connectivity index (χ0n) is 12.5. The van der Waals surface area contributed by atoms with Gasteiger partial charge in [-0.3, -0.25) is 0 Å². The summed E-state index contributed by atoms with van der Waals surface area (Å²) < 4.78 is 4.68. The summed E-state index contributed by atoms with van der Waals surface area (Å²) in [4.78, 5) is 8.88. The Hall–Kier alpha value is -1.96. The first-order valence-corrected chi connectivity index (χ1v) is 7.64. The molecule has 3 aromatic rings. The van der Waals surface area contributed by atoms with Gasteiger partial charge in [-0.05, 0) is 28.9 Å². The molecule has 0 aliphatic heterocycles. The molecule has 0 fully saturated rings. The summed E-state index contributed by atoms with van der Waals surface area (Å²) in [6.45, 7) is 2.91. The number of hydrogen-bond acceptors (Lipinski definition) is 7. The van der Waals surface area contributed by atoms with Crippen molar-refractivity contribution in [1.29, 1.82) is 0 Å². The molecule has 122 valence electrons. The minimum atomic E-state index is 0. The molecule has 4 N–H and O–H groups in total. The number of benzene rings is 1. The van der Waals surface area contributed by atoms with Gasteiger partial charge in [-0.2, -0.15) is 0 Å². The van der Waals surface area contributed by atoms with Gasteiger partial charge in [0, 0.05) is 12.1 Å². The summed E-state index contributed by atoms with van der Waals surface area (Å²) in [5, 5.41) is 11.7. The molecule has 23 heavy (non-hydrogen) atoms. The Morgan fingerprint density at radius 3 is 2.52 bits per heavy atom. The summed E-state index contributed by atoms with van der Waals surface area (Å²) in [5.74, 6) is 0.620. The third kappa shape index (κ3) is 3.69. The highest BCUT2D eigenvalue weighted by Crippen LogP contribution is 2.31. The Balaban J connectivity index is 0.00000192. The van der Waals surface area contributed by atoms with E-state index in [2.05, 4.69) is 37.2 Å². The molecule has 0 unspecified atom stereocenters. The van der Waals surface area contributed by atoms with Crippen LogP contribution in [0.15, 0.2) is 22.8 Å². The minimum Gasteiger partial charge on any atom is -0.368 e. The smallest absolute Gasteiger partial charge is 0.245 e. The van der Waals surface area contributed by atoms with Crippen molar-refractivity contribution in [3.63, 3.8) is 0 Å². The molecule has 0 spiro atoms. The number of rotatable bonds is 5. The lowest BCUT2D eigenvalue weighted by Gasteiger charge is -2.10. The van der Waals surface area contributed by atoms with Crippen LogP contribution in [0.4, 0.5) is 5.82 Å². The van der Waals surface area contributed by atoms with Crippen LogP contribution >= 0.6 is 23.2 Å². The van der Waals surface area contributed by atoms with Crippen molar-refractivity contribution in [2.24, 2.45) is 0 Å². The number of unbranched alkanes of at least 4 members (excludes halogenated alkanes) is 1. The molecule has 0 radical (unpaired) electrons. The quantitative estimate of drug-likeness (QED) is 0.654. The maximum Gasteiger partial charge on any atom is 0.245 e. The molecule has 0 amide bonds. The van der Waals surface area contributed by atoms with Crippen LogP contribution in [-0.4, -0.2) is 26.8 Å². The SMILES string of the molecule is CCCCNc1nc2nonc2nc1-c1ccc(Cl)c(Cl)c1.N. The van der Waals surface area contributed by atoms with Gasteiger partial charge in [0.1, 0.15) is 5.69 Å². The second-order valence-electron chi connectivity index (χ2n) is 4.74. The standard InChI is InChI=1S/C14H13Cl2N5O.H3N/c1-2-3-6-17-12-11(8-4-5-9(15)10(16)7-8)18-13-14(19-12)21-22-20-13;/h4-5,7H,2-3,6H2,1H3,(H,17,19,21);1H3. The van der Waals surface area contributed by atoms with Gasteiger partial charge in [-0.1, -0.05) is 42.6 Å². The average molecular weight is 355 g/mol. The highest BCUT2D eigenvalue weighted by molar-refractivity contribution is 6.42. The van der Waals surface area contributed by atoms with Crippen LogP contribution in [-0.2, 0) is 0 Å². The summed E-state index contributed by atoms with van der Waals surface area (Å²) in [6.07, 6.45) is 2.11. The van der Waals surface area contributed by atoms with Crippen LogP contribution in [0, 0.1) is 0 Å². The van der Waals surface area contributed by atoms with E-state index in [0.717, 1.165) is 24.9 Å². The fourth-order valence-corrected chi connectivity index (χ4v) is 2.29. The van der Waals surface area contributed by atoms with Crippen molar-refractivity contribution in [1.82, 2.24) is 26.4 Å². The highest BCUT2D eigenvalue weighted by Gasteiger charge is 2.15. The van der Waals surface area contributed by atoms with E-state index in [9.17, 15) is 0 Å². The molecule has 0 atom stereocenters. The van der Waals surface area contributed by atoms with Gasteiger partial charge in [0.05, 0.1) is 10.0 Å². The molecule has 0 saturated carbocycles. The molecule has 2 aromatic heterocycles. The Bertz CT molecular complexity index is 807. The molecule has 7 nitrogen and oxygen atoms in total. The molecule has 9 heteroatoms. The monoisotopic (exact) mass is 354 g/mol. The first-order chi connectivity index (χ1) is 10.7. The Morgan fingerprint density at radius 2 is 1.83 bits per heavy atom. The molecule has 3 rings (SSSR count). The van der Waals surface area contributed by atoms with Gasteiger partial charge in [0.25, 0.3) is 0 Å². The number of nitrogens with one attached hydrogen (secondary N) is 1. The maximum absolute atomic E-state index is 6.09. The van der Waals surface area contributed by atoms with Crippen LogP contribution in [0.1, 0.15) is 19.8 Å². The number of anilines is 1. The van der Waals surface area contributed by atoms with Crippen LogP contribution < -0.4 is 11.5 Å². The van der Waals surface area contributed by atoms with Crippen LogP contribution in [0.25, 0.3) is 22.6 Å². The normalized spacial score (nSPS) is 10.6. The maximum atomic E-state index is 6.09. The van der Waals surface area contributed by atoms with Crippen LogP contribution in [0.5, 0.6) is 0 Å². The molecule has 1 aromatic carbocycles. The molecule has 0 bridgehead atoms. The van der Waals surface area contributed by atoms with Gasteiger partial charge in [0.15, 0.2) is 5.82 Å². The molecule has 0 aliphatic rings. The number of halogens is 2. The Kier molecular flexibility index (Phi) is 5.70. The highest BCUT2D eigenvalue weighted by atomic mass is 35.5. The second kappa shape index (κ2) is 7.54. The molecule has 0 aliphatic carbocycles. The lowest BCUT2D eigenvalue weighted by atomic mass is 10.1. The van der Waals surface area contributed by atoms with Crippen molar-refractivity contribution in [3.05, 3.63) is 28.2 Å². The fourth-order valence-electron chi connectivity index (χ4n) is 1.99. The zero-order valence-corrected chi connectivity index (χ0v) is 14.0. The minimum absolute atomic E-state index is 0. The van der Waals surface area contributed by atoms with E-state index in [4.69, 9.17) is 23.2 Å². The van der Waals surface area contributed by atoms with Gasteiger partial charge in [-0.15, -0.1) is 0 Å². The summed E-state index contributed by atoms with van der Waals surface area (Å²) in [5.41, 5.74) is 2.15. The van der Waals surface area contributed by atoms with E-state index in [0.29, 0.717) is 32.9 Å². The molecule has 2 heterocycles. The van der Waals surface area contributed by atoms with Gasteiger partial charge >= 0.3 is 0 Å². The number of aromatic nitrogens is 4. The van der Waals surface area contributed by atoms with E-state index in [1.165, 1.54) is 0 Å². The lowest BCUT2D eigenvalue weighted by molar-refractivity contribution is 0.314. The third-order valence-corrected chi connectivity index (χ3v) is 3.87. The average Bonchev–Trinajstić information content (AvgIpc) is 2.97. The zero-order chi connectivity index (χ0) is 15.5. The van der Waals surface area contributed by atoms with Crippen molar-refractivity contribution in [2.75, 3.05) is 11.9 Å². The van der Waals surface area contributed by atoms with Gasteiger partial charge in [0.2, 0.25) is 11.3 Å². The van der Waals surface area contributed by atoms with Crippen molar-refractivity contribution >= 4 is 40.3 Å². The van der Waals surface area contributed by atoms with Crippen molar-refractivity contribution in [3.8, 4) is 11.3 Å². The lowest BCUT2D eigenvalue weighted by Crippen LogP contribution is -2.06. The summed E-state index contributed by atoms with van der Waals surface area (Å²) in [6, 6.07) is 5.31. The predicted molar refractivity (Wildman–Crippen MR) is 91.3 cm³/mol. The second-order valence-corrected chi connectivity index (χ2v) is 5.56. The topological polar surface area (TPSA) is 112 Å². The Morgan fingerprint density at radius 1 is 1.09 bits per heavy atom. The number of hydrogen-bond donors (Lipinski definition) is 2. The molecule has 0 saturated heterocycles. The number of nitrogens with zero attached hydrogens (tertiary/aromatic N) is 4. The van der Waals surface area contributed by atoms with Gasteiger partial charge < -0.3 is 11.5 Å². The van der Waals surface area contributed by atoms with E-state index >= 15 is 0 Å². The number of fused-ring (bicyclic) bond motifs is 1. The predicted octanol–water partition coefficient (Wildman–Crippen LogP) is 4.36. The fraction of sp³-hybridized carbons (Fsp3) is 0.286. The van der Waals surface area contributed by atoms with Gasteiger partial charge in [-0.25, -0.2) is 14.6 Å². The molecular formula is C14H16Cl2N6O. The first kappa shape index (κ1) is 17.4. The van der Waals surface area contributed by atoms with E-state index in [1.54, 1.807) is 12.1 Å². The van der Waals surface area contributed by atoms with Crippen LogP contribution in [0.3, 0.4) is 0 Å². The van der Waals surface area contributed by atoms with Crippen molar-refractivity contribution < 1.29 is 4.63 Å². The molecular weight excluding hydrogens is 339 g/mol.